The summed E-state index contributed by atoms with van der Waals surface area (Å²) in [5.74, 6) is 0.615. The van der Waals surface area contributed by atoms with Crippen LogP contribution in [0.2, 0.25) is 0 Å². The zero-order valence-corrected chi connectivity index (χ0v) is 12.5. The predicted molar refractivity (Wildman–Crippen MR) is 75.0 cm³/mol. The molecule has 1 aliphatic rings. The topological polar surface area (TPSA) is 33.2 Å². The van der Waals surface area contributed by atoms with Crippen LogP contribution in [0.3, 0.4) is 0 Å². The van der Waals surface area contributed by atoms with E-state index in [4.69, 9.17) is 11.6 Å². The minimum Gasteiger partial charge on any atom is -0.342 e. The monoisotopic (exact) mass is 286 g/mol. The van der Waals surface area contributed by atoms with Gasteiger partial charge in [0, 0.05) is 18.5 Å². The number of piperidine rings is 1. The van der Waals surface area contributed by atoms with Crippen LogP contribution in [-0.4, -0.2) is 28.9 Å². The lowest BCUT2D eigenvalue weighted by molar-refractivity contribution is -0.132. The third-order valence-electron chi connectivity index (χ3n) is 3.51. The van der Waals surface area contributed by atoms with E-state index in [1.54, 1.807) is 0 Å². The lowest BCUT2D eigenvalue weighted by atomic mass is 9.82. The molecule has 0 aromatic carbocycles. The van der Waals surface area contributed by atoms with E-state index < -0.39 is 0 Å². The molecule has 0 unspecified atom stereocenters. The second kappa shape index (κ2) is 5.57. The van der Waals surface area contributed by atoms with Crippen molar-refractivity contribution >= 4 is 28.8 Å². The molecule has 1 aromatic heterocycles. The van der Waals surface area contributed by atoms with E-state index in [9.17, 15) is 4.79 Å². The van der Waals surface area contributed by atoms with E-state index in [1.807, 2.05) is 10.3 Å². The highest BCUT2D eigenvalue weighted by Crippen LogP contribution is 2.30. The summed E-state index contributed by atoms with van der Waals surface area (Å²) in [7, 11) is 0. The first-order chi connectivity index (χ1) is 8.50. The summed E-state index contributed by atoms with van der Waals surface area (Å²) in [5.41, 5.74) is 1.24. The van der Waals surface area contributed by atoms with Gasteiger partial charge in [0.15, 0.2) is 0 Å². The number of amides is 1. The maximum Gasteiger partial charge on any atom is 0.229 e. The van der Waals surface area contributed by atoms with Gasteiger partial charge in [0.1, 0.15) is 5.01 Å². The van der Waals surface area contributed by atoms with Gasteiger partial charge < -0.3 is 4.90 Å². The van der Waals surface area contributed by atoms with Gasteiger partial charge in [0.25, 0.3) is 0 Å². The van der Waals surface area contributed by atoms with E-state index in [2.05, 4.69) is 18.8 Å². The summed E-state index contributed by atoms with van der Waals surface area (Å²) < 4.78 is 0. The van der Waals surface area contributed by atoms with E-state index in [-0.39, 0.29) is 5.91 Å². The Hall–Kier alpha value is -0.610. The van der Waals surface area contributed by atoms with E-state index >= 15 is 0 Å². The van der Waals surface area contributed by atoms with Crippen LogP contribution in [0.25, 0.3) is 0 Å². The molecule has 1 aliphatic heterocycles. The molecule has 0 radical (unpaired) electrons. The molecule has 2 heterocycles. The average molecular weight is 287 g/mol. The van der Waals surface area contributed by atoms with Crippen molar-refractivity contribution in [3.8, 4) is 0 Å². The number of halogens is 1. The van der Waals surface area contributed by atoms with Crippen molar-refractivity contribution in [3.05, 3.63) is 16.1 Å². The molecule has 0 bridgehead atoms. The first kappa shape index (κ1) is 13.8. The van der Waals surface area contributed by atoms with Gasteiger partial charge in [-0.15, -0.1) is 22.9 Å². The Balaban J connectivity index is 1.89. The fourth-order valence-electron chi connectivity index (χ4n) is 2.09. The van der Waals surface area contributed by atoms with Crippen molar-refractivity contribution in [1.82, 2.24) is 9.88 Å². The fraction of sp³-hybridized carbons (Fsp3) is 0.692. The van der Waals surface area contributed by atoms with Crippen LogP contribution in [0.15, 0.2) is 5.38 Å². The van der Waals surface area contributed by atoms with Gasteiger partial charge in [-0.2, -0.15) is 0 Å². The van der Waals surface area contributed by atoms with E-state index in [0.717, 1.165) is 36.6 Å². The number of carbonyl (C=O) groups excluding carboxylic acids is 1. The molecule has 1 amide bonds. The molecule has 1 saturated heterocycles. The summed E-state index contributed by atoms with van der Waals surface area (Å²) in [6, 6.07) is 0. The fourth-order valence-corrected chi connectivity index (χ4v) is 3.11. The normalized spacial score (nSPS) is 18.9. The molecule has 5 heteroatoms. The summed E-state index contributed by atoms with van der Waals surface area (Å²) in [5, 5.41) is 2.80. The van der Waals surface area contributed by atoms with Crippen molar-refractivity contribution in [2.24, 2.45) is 5.41 Å². The maximum absolute atomic E-state index is 12.1. The number of hydrogen-bond donors (Lipinski definition) is 0. The van der Waals surface area contributed by atoms with Crippen LogP contribution in [0.1, 0.15) is 37.4 Å². The van der Waals surface area contributed by atoms with Gasteiger partial charge in [-0.05, 0) is 18.3 Å². The number of aromatic nitrogens is 1. The van der Waals surface area contributed by atoms with Crippen LogP contribution in [0.4, 0.5) is 0 Å². The first-order valence-electron chi connectivity index (χ1n) is 6.27. The highest BCUT2D eigenvalue weighted by molar-refractivity contribution is 7.09. The SMILES string of the molecule is CC1(C)CCN(C(=O)Cc2nc(CCl)cs2)CC1. The van der Waals surface area contributed by atoms with Gasteiger partial charge >= 0.3 is 0 Å². The van der Waals surface area contributed by atoms with Crippen LogP contribution in [0, 0.1) is 5.41 Å². The van der Waals surface area contributed by atoms with Crippen molar-refractivity contribution in [2.75, 3.05) is 13.1 Å². The Labute approximate surface area is 117 Å². The maximum atomic E-state index is 12.1. The molecule has 2 rings (SSSR count). The molecule has 3 nitrogen and oxygen atoms in total. The minimum atomic E-state index is 0.195. The second-order valence-electron chi connectivity index (χ2n) is 5.59. The van der Waals surface area contributed by atoms with E-state index in [0.29, 0.717) is 17.7 Å². The van der Waals surface area contributed by atoms with Gasteiger partial charge in [0.05, 0.1) is 18.0 Å². The van der Waals surface area contributed by atoms with Crippen molar-refractivity contribution < 1.29 is 4.79 Å². The molecule has 1 aromatic rings. The van der Waals surface area contributed by atoms with Crippen molar-refractivity contribution in [3.63, 3.8) is 0 Å². The summed E-state index contributed by atoms with van der Waals surface area (Å²) in [6.45, 7) is 6.28. The molecule has 0 N–H and O–H groups in total. The molecule has 0 aliphatic carbocycles. The molecular weight excluding hydrogens is 268 g/mol. The standard InChI is InChI=1S/C13H19ClN2OS/c1-13(2)3-5-16(6-4-13)12(17)7-11-15-10(8-14)9-18-11/h9H,3-8H2,1-2H3. The minimum absolute atomic E-state index is 0.195. The highest BCUT2D eigenvalue weighted by atomic mass is 35.5. The number of hydrogen-bond acceptors (Lipinski definition) is 3. The second-order valence-corrected chi connectivity index (χ2v) is 6.80. The summed E-state index contributed by atoms with van der Waals surface area (Å²) >= 11 is 7.23. The van der Waals surface area contributed by atoms with Gasteiger partial charge in [-0.25, -0.2) is 4.98 Å². The Morgan fingerprint density at radius 2 is 2.17 bits per heavy atom. The molecule has 100 valence electrons. The number of likely N-dealkylation sites (tertiary alicyclic amines) is 1. The van der Waals surface area contributed by atoms with Crippen LogP contribution < -0.4 is 0 Å². The molecule has 1 fully saturated rings. The van der Waals surface area contributed by atoms with Gasteiger partial charge in [-0.3, -0.25) is 4.79 Å². The highest BCUT2D eigenvalue weighted by Gasteiger charge is 2.27. The quantitative estimate of drug-likeness (QED) is 0.800. The number of carbonyl (C=O) groups is 1. The van der Waals surface area contributed by atoms with Crippen LogP contribution >= 0.6 is 22.9 Å². The zero-order chi connectivity index (χ0) is 13.2. The smallest absolute Gasteiger partial charge is 0.229 e. The molecular formula is C13H19ClN2OS. The van der Waals surface area contributed by atoms with E-state index in [1.165, 1.54) is 11.3 Å². The Bertz CT molecular complexity index is 420. The lowest BCUT2D eigenvalue weighted by Gasteiger charge is -2.36. The molecule has 18 heavy (non-hydrogen) atoms. The number of thiazole rings is 1. The zero-order valence-electron chi connectivity index (χ0n) is 10.9. The first-order valence-corrected chi connectivity index (χ1v) is 7.69. The number of rotatable bonds is 3. The summed E-state index contributed by atoms with van der Waals surface area (Å²) in [6.07, 6.45) is 2.59. The van der Waals surface area contributed by atoms with Gasteiger partial charge in [-0.1, -0.05) is 13.8 Å². The van der Waals surface area contributed by atoms with Gasteiger partial charge in [0.2, 0.25) is 5.91 Å². The Kier molecular flexibility index (Phi) is 4.28. The van der Waals surface area contributed by atoms with Crippen LogP contribution in [0.5, 0.6) is 0 Å². The van der Waals surface area contributed by atoms with Crippen LogP contribution in [-0.2, 0) is 17.1 Å². The van der Waals surface area contributed by atoms with Crippen molar-refractivity contribution in [1.29, 1.82) is 0 Å². The number of alkyl halides is 1. The molecule has 0 spiro atoms. The predicted octanol–water partition coefficient (Wildman–Crippen LogP) is 3.07. The lowest BCUT2D eigenvalue weighted by Crippen LogP contribution is -2.41. The third-order valence-corrected chi connectivity index (χ3v) is 4.68. The van der Waals surface area contributed by atoms with Crippen molar-refractivity contribution in [2.45, 2.75) is 39.0 Å². The number of nitrogens with zero attached hydrogens (tertiary/aromatic N) is 2. The Morgan fingerprint density at radius 1 is 1.50 bits per heavy atom. The third kappa shape index (κ3) is 3.45. The largest absolute Gasteiger partial charge is 0.342 e. The average Bonchev–Trinajstić information content (AvgIpc) is 2.76. The Morgan fingerprint density at radius 3 is 2.72 bits per heavy atom. The molecule has 0 saturated carbocycles. The summed E-state index contributed by atoms with van der Waals surface area (Å²) in [4.78, 5) is 18.4. The molecule has 0 atom stereocenters.